The molecule has 0 spiro atoms. The van der Waals surface area contributed by atoms with Crippen molar-refractivity contribution in [1.29, 1.82) is 0 Å². The maximum absolute atomic E-state index is 11.8. The third kappa shape index (κ3) is 10.0. The minimum atomic E-state index is -3.61. The van der Waals surface area contributed by atoms with Gasteiger partial charge in [-0.3, -0.25) is 4.18 Å². The minimum Gasteiger partial charge on any atom is -0.458 e. The predicted octanol–water partition coefficient (Wildman–Crippen LogP) is 2.28. The van der Waals surface area contributed by atoms with Crippen LogP contribution >= 0.6 is 0 Å². The Kier molecular flexibility index (Phi) is 7.67. The monoisotopic (exact) mass is 344 g/mol. The van der Waals surface area contributed by atoms with Gasteiger partial charge in [0, 0.05) is 6.61 Å². The molecule has 0 bridgehead atoms. The van der Waals surface area contributed by atoms with Crippen LogP contribution < -0.4 is 0 Å². The van der Waals surface area contributed by atoms with Crippen LogP contribution in [0.5, 0.6) is 0 Å². The van der Waals surface area contributed by atoms with E-state index in [1.807, 2.05) is 6.07 Å². The normalized spacial score (nSPS) is 12.1. The maximum Gasteiger partial charge on any atom is 0.332 e. The fourth-order valence-corrected chi connectivity index (χ4v) is 2.75. The lowest BCUT2D eigenvalue weighted by Crippen LogP contribution is -2.26. The first-order valence-electron chi connectivity index (χ1n) is 7.38. The molecule has 1 rings (SSSR count). The minimum absolute atomic E-state index is 0.0173. The average Bonchev–Trinajstić information content (AvgIpc) is 2.41. The average molecular weight is 344 g/mol. The van der Waals surface area contributed by atoms with E-state index in [1.54, 1.807) is 45.0 Å². The summed E-state index contributed by atoms with van der Waals surface area (Å²) in [7, 11) is -3.61. The van der Waals surface area contributed by atoms with Gasteiger partial charge in [-0.25, -0.2) is 4.79 Å². The van der Waals surface area contributed by atoms with Crippen molar-refractivity contribution in [2.75, 3.05) is 19.8 Å². The van der Waals surface area contributed by atoms with Crippen LogP contribution in [0.1, 0.15) is 32.8 Å². The summed E-state index contributed by atoms with van der Waals surface area (Å²) in [6.45, 7) is 5.40. The number of hydrogen-bond acceptors (Lipinski definition) is 6. The van der Waals surface area contributed by atoms with Gasteiger partial charge in [0.2, 0.25) is 0 Å². The summed E-state index contributed by atoms with van der Waals surface area (Å²) in [5, 5.41) is 0. The van der Waals surface area contributed by atoms with Crippen LogP contribution in [0, 0.1) is 0 Å². The molecule has 0 amide bonds. The molecule has 0 radical (unpaired) electrons. The molecule has 0 aliphatic rings. The zero-order valence-electron chi connectivity index (χ0n) is 13.8. The molecule has 1 aromatic rings. The van der Waals surface area contributed by atoms with E-state index in [4.69, 9.17) is 13.7 Å². The van der Waals surface area contributed by atoms with Crippen LogP contribution in [0.25, 0.3) is 0 Å². The SMILES string of the molecule is CC(C)(C)OC(=O)COCCCOS(=O)(=O)Cc1ccccc1. The van der Waals surface area contributed by atoms with Crippen LogP contribution in [-0.4, -0.2) is 39.8 Å². The van der Waals surface area contributed by atoms with Gasteiger partial charge in [-0.15, -0.1) is 0 Å². The first kappa shape index (κ1) is 19.6. The molecule has 0 heterocycles. The Hall–Kier alpha value is -1.44. The summed E-state index contributed by atoms with van der Waals surface area (Å²) in [6.07, 6.45) is 0.372. The molecule has 0 saturated carbocycles. The highest BCUT2D eigenvalue weighted by molar-refractivity contribution is 7.85. The largest absolute Gasteiger partial charge is 0.458 e. The summed E-state index contributed by atoms with van der Waals surface area (Å²) in [6, 6.07) is 8.82. The van der Waals surface area contributed by atoms with Crippen LogP contribution in [0.2, 0.25) is 0 Å². The summed E-state index contributed by atoms with van der Waals surface area (Å²) < 4.78 is 38.6. The van der Waals surface area contributed by atoms with Gasteiger partial charge in [-0.05, 0) is 32.8 Å². The number of benzene rings is 1. The van der Waals surface area contributed by atoms with E-state index in [1.165, 1.54) is 0 Å². The van der Waals surface area contributed by atoms with E-state index in [0.717, 1.165) is 0 Å². The van der Waals surface area contributed by atoms with Crippen molar-refractivity contribution in [3.63, 3.8) is 0 Å². The summed E-state index contributed by atoms with van der Waals surface area (Å²) in [5.74, 6) is -0.609. The van der Waals surface area contributed by atoms with Crippen LogP contribution in [0.15, 0.2) is 30.3 Å². The van der Waals surface area contributed by atoms with E-state index >= 15 is 0 Å². The van der Waals surface area contributed by atoms with Gasteiger partial charge >= 0.3 is 5.97 Å². The van der Waals surface area contributed by atoms with Gasteiger partial charge in [0.05, 0.1) is 6.61 Å². The van der Waals surface area contributed by atoms with E-state index < -0.39 is 21.7 Å². The van der Waals surface area contributed by atoms with E-state index in [9.17, 15) is 13.2 Å². The fraction of sp³-hybridized carbons (Fsp3) is 0.562. The zero-order chi connectivity index (χ0) is 17.3. The molecule has 0 aromatic heterocycles. The first-order chi connectivity index (χ1) is 10.7. The first-order valence-corrected chi connectivity index (χ1v) is 8.96. The Morgan fingerprint density at radius 3 is 2.35 bits per heavy atom. The molecule has 0 fully saturated rings. The molecule has 1 aromatic carbocycles. The highest BCUT2D eigenvalue weighted by Crippen LogP contribution is 2.08. The van der Waals surface area contributed by atoms with Crippen molar-refractivity contribution in [3.8, 4) is 0 Å². The summed E-state index contributed by atoms with van der Waals surface area (Å²) >= 11 is 0. The number of esters is 1. The number of hydrogen-bond donors (Lipinski definition) is 0. The topological polar surface area (TPSA) is 78.9 Å². The highest BCUT2D eigenvalue weighted by Gasteiger charge is 2.16. The van der Waals surface area contributed by atoms with Crippen molar-refractivity contribution in [3.05, 3.63) is 35.9 Å². The Morgan fingerprint density at radius 2 is 1.74 bits per heavy atom. The molecule has 23 heavy (non-hydrogen) atoms. The third-order valence-electron chi connectivity index (χ3n) is 2.52. The second-order valence-corrected chi connectivity index (χ2v) is 7.64. The molecule has 0 N–H and O–H groups in total. The fourth-order valence-electron chi connectivity index (χ4n) is 1.69. The van der Waals surface area contributed by atoms with Gasteiger partial charge in [-0.2, -0.15) is 8.42 Å². The lowest BCUT2D eigenvalue weighted by molar-refractivity contribution is -0.160. The third-order valence-corrected chi connectivity index (χ3v) is 3.73. The van der Waals surface area contributed by atoms with Gasteiger partial charge in [-0.1, -0.05) is 30.3 Å². The lowest BCUT2D eigenvalue weighted by Gasteiger charge is -2.19. The zero-order valence-corrected chi connectivity index (χ0v) is 14.6. The summed E-state index contributed by atoms with van der Waals surface area (Å²) in [4.78, 5) is 11.4. The molecule has 130 valence electrons. The highest BCUT2D eigenvalue weighted by atomic mass is 32.2. The molecular weight excluding hydrogens is 320 g/mol. The lowest BCUT2D eigenvalue weighted by atomic mass is 10.2. The van der Waals surface area contributed by atoms with Gasteiger partial charge in [0.15, 0.2) is 0 Å². The number of carbonyl (C=O) groups is 1. The van der Waals surface area contributed by atoms with Crippen molar-refractivity contribution < 1.29 is 26.9 Å². The molecule has 0 unspecified atom stereocenters. The van der Waals surface area contributed by atoms with Crippen molar-refractivity contribution in [2.45, 2.75) is 38.5 Å². The number of rotatable bonds is 9. The Morgan fingerprint density at radius 1 is 1.09 bits per heavy atom. The van der Waals surface area contributed by atoms with Crippen LogP contribution in [0.4, 0.5) is 0 Å². The van der Waals surface area contributed by atoms with Crippen molar-refractivity contribution >= 4 is 16.1 Å². The molecule has 0 aliphatic carbocycles. The molecule has 0 aliphatic heterocycles. The van der Waals surface area contributed by atoms with Crippen LogP contribution in [-0.2, 0) is 34.3 Å². The van der Waals surface area contributed by atoms with E-state index in [-0.39, 0.29) is 25.6 Å². The Bertz CT molecular complexity index is 574. The van der Waals surface area contributed by atoms with Gasteiger partial charge in [0.25, 0.3) is 10.1 Å². The van der Waals surface area contributed by atoms with Crippen molar-refractivity contribution in [1.82, 2.24) is 0 Å². The quantitative estimate of drug-likeness (QED) is 0.388. The molecule has 0 saturated heterocycles. The Balaban J connectivity index is 2.16. The second-order valence-electron chi connectivity index (χ2n) is 6.00. The van der Waals surface area contributed by atoms with E-state index in [2.05, 4.69) is 0 Å². The Labute approximate surface area is 137 Å². The maximum atomic E-state index is 11.8. The number of ether oxygens (including phenoxy) is 2. The van der Waals surface area contributed by atoms with Gasteiger partial charge in [0.1, 0.15) is 18.0 Å². The molecule has 0 atom stereocenters. The standard InChI is InChI=1S/C16H24O6S/c1-16(2,3)22-15(17)12-20-10-7-11-21-23(18,19)13-14-8-5-4-6-9-14/h4-6,8-9H,7,10-13H2,1-3H3. The van der Waals surface area contributed by atoms with Crippen LogP contribution in [0.3, 0.4) is 0 Å². The van der Waals surface area contributed by atoms with Gasteiger partial charge < -0.3 is 9.47 Å². The summed E-state index contributed by atoms with van der Waals surface area (Å²) in [5.41, 5.74) is 0.128. The predicted molar refractivity (Wildman–Crippen MR) is 86.3 cm³/mol. The molecule has 6 nitrogen and oxygen atoms in total. The molecular formula is C16H24O6S. The molecule has 7 heteroatoms. The second kappa shape index (κ2) is 9.00. The number of carbonyl (C=O) groups excluding carboxylic acids is 1. The van der Waals surface area contributed by atoms with Crippen molar-refractivity contribution in [2.24, 2.45) is 0 Å². The van der Waals surface area contributed by atoms with E-state index in [0.29, 0.717) is 12.0 Å². The smallest absolute Gasteiger partial charge is 0.332 e.